The predicted molar refractivity (Wildman–Crippen MR) is 77.9 cm³/mol. The Morgan fingerprint density at radius 3 is 2.43 bits per heavy atom. The topological polar surface area (TPSA) is 41.1 Å². The Kier molecular flexibility index (Phi) is 3.68. The van der Waals surface area contributed by atoms with E-state index in [1.165, 1.54) is 18.2 Å². The summed E-state index contributed by atoms with van der Waals surface area (Å²) in [5.41, 5.74) is 0.529. The monoisotopic (exact) mass is 290 g/mol. The van der Waals surface area contributed by atoms with E-state index in [1.807, 2.05) is 13.0 Å². The van der Waals surface area contributed by atoms with Crippen LogP contribution < -0.4 is 10.2 Å². The molecule has 0 bridgehead atoms. The van der Waals surface area contributed by atoms with Crippen LogP contribution >= 0.6 is 0 Å². The smallest absolute Gasteiger partial charge is 0.229 e. The highest BCUT2D eigenvalue weighted by Gasteiger charge is 2.16. The van der Waals surface area contributed by atoms with Gasteiger partial charge < -0.3 is 10.2 Å². The van der Waals surface area contributed by atoms with Gasteiger partial charge in [0, 0.05) is 24.8 Å². The summed E-state index contributed by atoms with van der Waals surface area (Å²) in [6, 6.07) is 5.60. The van der Waals surface area contributed by atoms with Gasteiger partial charge >= 0.3 is 0 Å². The van der Waals surface area contributed by atoms with Crippen LogP contribution in [0.1, 0.15) is 18.5 Å². The molecule has 2 heterocycles. The molecule has 0 amide bonds. The third-order valence-electron chi connectivity index (χ3n) is 3.47. The van der Waals surface area contributed by atoms with Crippen LogP contribution in [0, 0.1) is 18.6 Å². The van der Waals surface area contributed by atoms with Crippen molar-refractivity contribution in [2.75, 3.05) is 23.3 Å². The Hall–Kier alpha value is -2.24. The molecular weight excluding hydrogens is 274 g/mol. The molecule has 0 atom stereocenters. The maximum Gasteiger partial charge on any atom is 0.229 e. The van der Waals surface area contributed by atoms with Crippen molar-refractivity contribution in [3.05, 3.63) is 41.6 Å². The first-order valence-corrected chi connectivity index (χ1v) is 6.95. The Morgan fingerprint density at radius 1 is 1.10 bits per heavy atom. The zero-order chi connectivity index (χ0) is 14.8. The number of rotatable bonds is 3. The van der Waals surface area contributed by atoms with Gasteiger partial charge in [-0.3, -0.25) is 0 Å². The zero-order valence-electron chi connectivity index (χ0n) is 11.7. The molecule has 21 heavy (non-hydrogen) atoms. The molecule has 0 aliphatic carbocycles. The van der Waals surface area contributed by atoms with Crippen molar-refractivity contribution < 1.29 is 8.78 Å². The van der Waals surface area contributed by atoms with Crippen molar-refractivity contribution in [1.82, 2.24) is 9.97 Å². The molecule has 0 unspecified atom stereocenters. The number of hydrogen-bond donors (Lipinski definition) is 1. The minimum absolute atomic E-state index is 0.209. The first-order chi connectivity index (χ1) is 10.1. The fraction of sp³-hybridized carbons (Fsp3) is 0.333. The molecule has 4 nitrogen and oxygen atoms in total. The molecule has 3 rings (SSSR count). The minimum atomic E-state index is -0.664. The maximum atomic E-state index is 13.7. The number of hydrogen-bond acceptors (Lipinski definition) is 4. The van der Waals surface area contributed by atoms with Gasteiger partial charge in [0.15, 0.2) is 0 Å². The van der Waals surface area contributed by atoms with Gasteiger partial charge in [0.1, 0.15) is 23.1 Å². The van der Waals surface area contributed by atoms with Crippen molar-refractivity contribution in [2.24, 2.45) is 0 Å². The summed E-state index contributed by atoms with van der Waals surface area (Å²) < 4.78 is 27.3. The molecule has 110 valence electrons. The van der Waals surface area contributed by atoms with Gasteiger partial charge in [0.2, 0.25) is 5.95 Å². The summed E-state index contributed by atoms with van der Waals surface area (Å²) in [6.07, 6.45) is 2.27. The van der Waals surface area contributed by atoms with Crippen LogP contribution in [0.2, 0.25) is 0 Å². The number of nitrogens with zero attached hydrogens (tertiary/aromatic N) is 3. The quantitative estimate of drug-likeness (QED) is 0.940. The molecule has 1 aromatic heterocycles. The van der Waals surface area contributed by atoms with Gasteiger partial charge in [0.25, 0.3) is 0 Å². The normalized spacial score (nSPS) is 14.5. The van der Waals surface area contributed by atoms with Crippen LogP contribution in [0.15, 0.2) is 24.3 Å². The van der Waals surface area contributed by atoms with E-state index in [4.69, 9.17) is 0 Å². The summed E-state index contributed by atoms with van der Waals surface area (Å²) in [5, 5.41) is 2.65. The van der Waals surface area contributed by atoms with E-state index in [-0.39, 0.29) is 11.6 Å². The first-order valence-electron chi connectivity index (χ1n) is 6.95. The van der Waals surface area contributed by atoms with E-state index in [1.54, 1.807) is 0 Å². The van der Waals surface area contributed by atoms with E-state index >= 15 is 0 Å². The standard InChI is InChI=1S/C15H16F2N4/c1-10-9-13(21-7-2-3-8-21)19-15(18-10)20-14-11(16)5-4-6-12(14)17/h4-6,9H,2-3,7-8H2,1H3,(H,18,19,20). The lowest BCUT2D eigenvalue weighted by molar-refractivity contribution is 0.590. The molecule has 0 saturated carbocycles. The Morgan fingerprint density at radius 2 is 1.76 bits per heavy atom. The molecule has 6 heteroatoms. The lowest BCUT2D eigenvalue weighted by atomic mass is 10.3. The molecule has 1 aromatic carbocycles. The Bertz CT molecular complexity index is 634. The number of benzene rings is 1. The minimum Gasteiger partial charge on any atom is -0.356 e. The second kappa shape index (κ2) is 5.63. The highest BCUT2D eigenvalue weighted by molar-refractivity contribution is 5.57. The SMILES string of the molecule is Cc1cc(N2CCCC2)nc(Nc2c(F)cccc2F)n1. The van der Waals surface area contributed by atoms with Crippen molar-refractivity contribution in [2.45, 2.75) is 19.8 Å². The molecule has 1 aliphatic heterocycles. The van der Waals surface area contributed by atoms with E-state index < -0.39 is 11.6 Å². The van der Waals surface area contributed by atoms with Crippen LogP contribution in [-0.4, -0.2) is 23.1 Å². The van der Waals surface area contributed by atoms with Gasteiger partial charge in [0.05, 0.1) is 0 Å². The van der Waals surface area contributed by atoms with Gasteiger partial charge in [-0.15, -0.1) is 0 Å². The second-order valence-corrected chi connectivity index (χ2v) is 5.11. The molecule has 0 radical (unpaired) electrons. The molecule has 1 N–H and O–H groups in total. The number of anilines is 3. The average molecular weight is 290 g/mol. The summed E-state index contributed by atoms with van der Waals surface area (Å²) in [5.74, 6) is -0.328. The first kappa shape index (κ1) is 13.7. The summed E-state index contributed by atoms with van der Waals surface area (Å²) >= 11 is 0. The molecule has 2 aromatic rings. The van der Waals surface area contributed by atoms with Crippen LogP contribution in [0.25, 0.3) is 0 Å². The van der Waals surface area contributed by atoms with Crippen LogP contribution in [0.5, 0.6) is 0 Å². The van der Waals surface area contributed by atoms with Gasteiger partial charge in [-0.05, 0) is 31.9 Å². The van der Waals surface area contributed by atoms with Crippen molar-refractivity contribution in [3.63, 3.8) is 0 Å². The van der Waals surface area contributed by atoms with E-state index in [2.05, 4.69) is 20.2 Å². The van der Waals surface area contributed by atoms with Crippen LogP contribution in [-0.2, 0) is 0 Å². The van der Waals surface area contributed by atoms with Crippen LogP contribution in [0.3, 0.4) is 0 Å². The van der Waals surface area contributed by atoms with E-state index in [9.17, 15) is 8.78 Å². The number of nitrogens with one attached hydrogen (secondary N) is 1. The fourth-order valence-electron chi connectivity index (χ4n) is 2.45. The highest BCUT2D eigenvalue weighted by Crippen LogP contribution is 2.24. The Balaban J connectivity index is 1.91. The fourth-order valence-corrected chi connectivity index (χ4v) is 2.45. The van der Waals surface area contributed by atoms with E-state index in [0.29, 0.717) is 0 Å². The largest absolute Gasteiger partial charge is 0.356 e. The average Bonchev–Trinajstić information content (AvgIpc) is 2.97. The predicted octanol–water partition coefficient (Wildman–Crippen LogP) is 3.41. The van der Waals surface area contributed by atoms with Crippen LogP contribution in [0.4, 0.5) is 26.2 Å². The second-order valence-electron chi connectivity index (χ2n) is 5.11. The molecule has 0 spiro atoms. The lowest BCUT2D eigenvalue weighted by Gasteiger charge is -2.18. The molecule has 1 aliphatic rings. The molecule has 1 saturated heterocycles. The number of aryl methyl sites for hydroxylation is 1. The number of aromatic nitrogens is 2. The maximum absolute atomic E-state index is 13.7. The number of halogens is 2. The van der Waals surface area contributed by atoms with Crippen molar-refractivity contribution >= 4 is 17.5 Å². The molecule has 1 fully saturated rings. The third kappa shape index (κ3) is 2.94. The third-order valence-corrected chi connectivity index (χ3v) is 3.47. The van der Waals surface area contributed by atoms with Crippen molar-refractivity contribution in [3.8, 4) is 0 Å². The number of para-hydroxylation sites is 1. The van der Waals surface area contributed by atoms with E-state index in [0.717, 1.165) is 37.4 Å². The lowest BCUT2D eigenvalue weighted by Crippen LogP contribution is -2.20. The summed E-state index contributed by atoms with van der Waals surface area (Å²) in [7, 11) is 0. The summed E-state index contributed by atoms with van der Waals surface area (Å²) in [6.45, 7) is 3.73. The summed E-state index contributed by atoms with van der Waals surface area (Å²) in [4.78, 5) is 10.7. The van der Waals surface area contributed by atoms with Gasteiger partial charge in [-0.1, -0.05) is 6.07 Å². The van der Waals surface area contributed by atoms with Crippen molar-refractivity contribution in [1.29, 1.82) is 0 Å². The van der Waals surface area contributed by atoms with Gasteiger partial charge in [-0.25, -0.2) is 13.8 Å². The highest BCUT2D eigenvalue weighted by atomic mass is 19.1. The Labute approximate surface area is 121 Å². The molecular formula is C15H16F2N4. The van der Waals surface area contributed by atoms with Gasteiger partial charge in [-0.2, -0.15) is 4.98 Å². The zero-order valence-corrected chi connectivity index (χ0v) is 11.7.